The molecule has 0 bridgehead atoms. The maximum Gasteiger partial charge on any atom is 0.325 e. The van der Waals surface area contributed by atoms with Crippen LogP contribution in [0.5, 0.6) is 0 Å². The minimum Gasteiger partial charge on any atom is -0.465 e. The van der Waals surface area contributed by atoms with Crippen molar-refractivity contribution in [2.24, 2.45) is 11.8 Å². The van der Waals surface area contributed by atoms with Crippen LogP contribution in [0.1, 0.15) is 37.7 Å². The highest BCUT2D eigenvalue weighted by Gasteiger charge is 2.46. The molecule has 24 heavy (non-hydrogen) atoms. The molecule has 2 aliphatic carbocycles. The zero-order valence-corrected chi connectivity index (χ0v) is 15.1. The summed E-state index contributed by atoms with van der Waals surface area (Å²) >= 11 is 12.0. The van der Waals surface area contributed by atoms with Gasteiger partial charge in [-0.25, -0.2) is 0 Å². The number of hydrogen-bond acceptors (Lipinski definition) is 3. The largest absolute Gasteiger partial charge is 0.465 e. The number of esters is 1. The highest BCUT2D eigenvalue weighted by molar-refractivity contribution is 6.42. The molecule has 1 aromatic carbocycles. The number of benzene rings is 1. The molecule has 0 radical (unpaired) electrons. The molecular weight excluding hydrogens is 349 g/mol. The van der Waals surface area contributed by atoms with Crippen molar-refractivity contribution in [2.75, 3.05) is 19.7 Å². The molecule has 0 saturated heterocycles. The lowest BCUT2D eigenvalue weighted by Gasteiger charge is -2.22. The Kier molecular flexibility index (Phi) is 5.36. The molecule has 3 rings (SSSR count). The minimum atomic E-state index is -0.335. The van der Waals surface area contributed by atoms with E-state index in [0.29, 0.717) is 29.1 Å². The maximum absolute atomic E-state index is 12.8. The first-order chi connectivity index (χ1) is 11.5. The van der Waals surface area contributed by atoms with Crippen molar-refractivity contribution in [1.82, 2.24) is 4.90 Å². The number of halogens is 2. The predicted octanol–water partition coefficient (Wildman–Crippen LogP) is 3.90. The van der Waals surface area contributed by atoms with Gasteiger partial charge in [0.1, 0.15) is 6.54 Å². The fourth-order valence-corrected chi connectivity index (χ4v) is 3.33. The Balaban J connectivity index is 1.64. The topological polar surface area (TPSA) is 46.6 Å². The fourth-order valence-electron chi connectivity index (χ4n) is 3.02. The Hall–Kier alpha value is -1.26. The molecule has 2 fully saturated rings. The van der Waals surface area contributed by atoms with Gasteiger partial charge in [0.05, 0.1) is 16.7 Å². The fraction of sp³-hybridized carbons (Fsp3) is 0.556. The van der Waals surface area contributed by atoms with Crippen LogP contribution in [-0.2, 0) is 14.3 Å². The van der Waals surface area contributed by atoms with Crippen LogP contribution >= 0.6 is 23.2 Å². The average molecular weight is 370 g/mol. The molecular formula is C18H21Cl2NO3. The molecule has 0 aliphatic heterocycles. The van der Waals surface area contributed by atoms with Crippen molar-refractivity contribution in [1.29, 1.82) is 0 Å². The van der Waals surface area contributed by atoms with Crippen LogP contribution in [0.4, 0.5) is 0 Å². The first-order valence-electron chi connectivity index (χ1n) is 8.39. The van der Waals surface area contributed by atoms with Crippen LogP contribution in [0, 0.1) is 11.8 Å². The quantitative estimate of drug-likeness (QED) is 0.684. The molecule has 1 aromatic rings. The normalized spacial score (nSPS) is 22.1. The van der Waals surface area contributed by atoms with Gasteiger partial charge in [-0.3, -0.25) is 9.59 Å². The highest BCUT2D eigenvalue weighted by atomic mass is 35.5. The Labute approximate surface area is 152 Å². The SMILES string of the molecule is CCOC(=O)CN(CC1CC1)C(=O)C1CC1c1ccc(Cl)c(Cl)c1. The van der Waals surface area contributed by atoms with E-state index in [9.17, 15) is 9.59 Å². The smallest absolute Gasteiger partial charge is 0.325 e. The molecule has 2 unspecified atom stereocenters. The van der Waals surface area contributed by atoms with E-state index < -0.39 is 0 Å². The second-order valence-corrected chi connectivity index (χ2v) is 7.40. The molecule has 4 nitrogen and oxygen atoms in total. The van der Waals surface area contributed by atoms with Gasteiger partial charge in [0.25, 0.3) is 0 Å². The summed E-state index contributed by atoms with van der Waals surface area (Å²) in [6, 6.07) is 5.51. The van der Waals surface area contributed by atoms with Gasteiger partial charge in [0.15, 0.2) is 0 Å². The van der Waals surface area contributed by atoms with E-state index in [-0.39, 0.29) is 30.3 Å². The predicted molar refractivity (Wildman–Crippen MR) is 93.2 cm³/mol. The van der Waals surface area contributed by atoms with Crippen molar-refractivity contribution < 1.29 is 14.3 Å². The lowest BCUT2D eigenvalue weighted by atomic mass is 10.1. The van der Waals surface area contributed by atoms with Crippen LogP contribution in [-0.4, -0.2) is 36.5 Å². The van der Waals surface area contributed by atoms with Gasteiger partial charge in [-0.2, -0.15) is 0 Å². The summed E-state index contributed by atoms with van der Waals surface area (Å²) in [5, 5.41) is 1.02. The van der Waals surface area contributed by atoms with E-state index in [1.165, 1.54) is 0 Å². The second kappa shape index (κ2) is 7.32. The number of hydrogen-bond donors (Lipinski definition) is 0. The molecule has 2 atom stereocenters. The Morgan fingerprint density at radius 3 is 2.62 bits per heavy atom. The molecule has 6 heteroatoms. The Morgan fingerprint density at radius 1 is 1.25 bits per heavy atom. The van der Waals surface area contributed by atoms with Crippen molar-refractivity contribution in [3.05, 3.63) is 33.8 Å². The number of carbonyl (C=O) groups excluding carboxylic acids is 2. The van der Waals surface area contributed by atoms with Crippen molar-refractivity contribution in [3.8, 4) is 0 Å². The number of carbonyl (C=O) groups is 2. The molecule has 2 aliphatic rings. The molecule has 0 N–H and O–H groups in total. The van der Waals surface area contributed by atoms with E-state index in [0.717, 1.165) is 24.8 Å². The molecule has 0 heterocycles. The summed E-state index contributed by atoms with van der Waals surface area (Å²) in [5.41, 5.74) is 1.03. The molecule has 0 aromatic heterocycles. The van der Waals surface area contributed by atoms with Crippen LogP contribution in [0.25, 0.3) is 0 Å². The third kappa shape index (κ3) is 4.22. The lowest BCUT2D eigenvalue weighted by molar-refractivity contribution is -0.149. The van der Waals surface area contributed by atoms with Crippen LogP contribution < -0.4 is 0 Å². The molecule has 2 saturated carbocycles. The monoisotopic (exact) mass is 369 g/mol. The van der Waals surface area contributed by atoms with E-state index in [1.54, 1.807) is 17.9 Å². The molecule has 0 spiro atoms. The highest BCUT2D eigenvalue weighted by Crippen LogP contribution is 2.49. The third-order valence-electron chi connectivity index (χ3n) is 4.59. The maximum atomic E-state index is 12.8. The van der Waals surface area contributed by atoms with E-state index in [2.05, 4.69) is 0 Å². The Morgan fingerprint density at radius 2 is 2.00 bits per heavy atom. The van der Waals surface area contributed by atoms with Crippen LogP contribution in [0.15, 0.2) is 18.2 Å². The molecule has 1 amide bonds. The number of nitrogens with zero attached hydrogens (tertiary/aromatic N) is 1. The van der Waals surface area contributed by atoms with E-state index >= 15 is 0 Å². The van der Waals surface area contributed by atoms with Gasteiger partial charge in [-0.15, -0.1) is 0 Å². The van der Waals surface area contributed by atoms with Gasteiger partial charge in [-0.05, 0) is 55.7 Å². The number of rotatable bonds is 7. The standard InChI is InChI=1S/C18H21Cl2NO3/c1-2-24-17(22)10-21(9-11-3-4-11)18(23)14-8-13(14)12-5-6-15(19)16(20)7-12/h5-7,11,13-14H,2-4,8-10H2,1H3. The van der Waals surface area contributed by atoms with Gasteiger partial charge in [0, 0.05) is 12.5 Å². The van der Waals surface area contributed by atoms with Crippen LogP contribution in [0.3, 0.4) is 0 Å². The first kappa shape index (κ1) is 17.6. The van der Waals surface area contributed by atoms with Gasteiger partial charge in [-0.1, -0.05) is 29.3 Å². The summed E-state index contributed by atoms with van der Waals surface area (Å²) in [7, 11) is 0. The summed E-state index contributed by atoms with van der Waals surface area (Å²) < 4.78 is 5.00. The van der Waals surface area contributed by atoms with Gasteiger partial charge >= 0.3 is 5.97 Å². The summed E-state index contributed by atoms with van der Waals surface area (Å²) in [5.74, 6) is 0.335. The number of ether oxygens (including phenoxy) is 1. The summed E-state index contributed by atoms with van der Waals surface area (Å²) in [6.45, 7) is 2.81. The second-order valence-electron chi connectivity index (χ2n) is 6.59. The van der Waals surface area contributed by atoms with Crippen LogP contribution in [0.2, 0.25) is 10.0 Å². The van der Waals surface area contributed by atoms with Gasteiger partial charge < -0.3 is 9.64 Å². The summed E-state index contributed by atoms with van der Waals surface area (Å²) in [6.07, 6.45) is 3.06. The van der Waals surface area contributed by atoms with Crippen molar-refractivity contribution in [2.45, 2.75) is 32.1 Å². The zero-order chi connectivity index (χ0) is 17.3. The minimum absolute atomic E-state index is 0.0472. The number of amides is 1. The van der Waals surface area contributed by atoms with Gasteiger partial charge in [0.2, 0.25) is 5.91 Å². The average Bonchev–Trinajstić information content (AvgIpc) is 3.43. The van der Waals surface area contributed by atoms with Crippen molar-refractivity contribution in [3.63, 3.8) is 0 Å². The Bertz CT molecular complexity index is 645. The van der Waals surface area contributed by atoms with E-state index in [4.69, 9.17) is 27.9 Å². The third-order valence-corrected chi connectivity index (χ3v) is 5.33. The van der Waals surface area contributed by atoms with E-state index in [1.807, 2.05) is 12.1 Å². The van der Waals surface area contributed by atoms with Crippen molar-refractivity contribution >= 4 is 35.1 Å². The lowest BCUT2D eigenvalue weighted by Crippen LogP contribution is -2.39. The first-order valence-corrected chi connectivity index (χ1v) is 9.14. The zero-order valence-electron chi connectivity index (χ0n) is 13.6. The molecule has 130 valence electrons. The summed E-state index contributed by atoms with van der Waals surface area (Å²) in [4.78, 5) is 26.3.